The summed E-state index contributed by atoms with van der Waals surface area (Å²) >= 11 is 0. The lowest BCUT2D eigenvalue weighted by Gasteiger charge is -2.34. The maximum absolute atomic E-state index is 12.6. The second-order valence-corrected chi connectivity index (χ2v) is 7.36. The van der Waals surface area contributed by atoms with Gasteiger partial charge in [0.2, 0.25) is 11.8 Å². The van der Waals surface area contributed by atoms with Gasteiger partial charge in [-0.1, -0.05) is 30.3 Å². The number of carbonyl (C=O) groups is 2. The molecule has 3 rings (SSSR count). The summed E-state index contributed by atoms with van der Waals surface area (Å²) in [7, 11) is 0. The number of benzene rings is 1. The van der Waals surface area contributed by atoms with Gasteiger partial charge in [-0.2, -0.15) is 0 Å². The molecule has 0 aliphatic carbocycles. The van der Waals surface area contributed by atoms with Crippen LogP contribution in [0.5, 0.6) is 0 Å². The van der Waals surface area contributed by atoms with Crippen molar-refractivity contribution >= 4 is 24.2 Å². The van der Waals surface area contributed by atoms with Crippen molar-refractivity contribution in [1.29, 1.82) is 0 Å². The number of amides is 2. The van der Waals surface area contributed by atoms with Crippen LogP contribution in [0.4, 0.5) is 0 Å². The second kappa shape index (κ2) is 9.93. The largest absolute Gasteiger partial charge is 0.343 e. The average Bonchev–Trinajstić information content (AvgIpc) is 3.17. The lowest BCUT2D eigenvalue weighted by atomic mass is 9.92. The van der Waals surface area contributed by atoms with Gasteiger partial charge in [-0.25, -0.2) is 0 Å². The Labute approximate surface area is 162 Å². The summed E-state index contributed by atoms with van der Waals surface area (Å²) in [6.07, 6.45) is 5.30. The first-order valence-corrected chi connectivity index (χ1v) is 9.49. The van der Waals surface area contributed by atoms with E-state index in [1.165, 1.54) is 0 Å². The van der Waals surface area contributed by atoms with Crippen molar-refractivity contribution in [2.75, 3.05) is 26.2 Å². The molecule has 6 heteroatoms. The molecule has 2 amide bonds. The van der Waals surface area contributed by atoms with Crippen LogP contribution in [0.15, 0.2) is 30.3 Å². The first-order chi connectivity index (χ1) is 12.1. The highest BCUT2D eigenvalue weighted by molar-refractivity contribution is 5.85. The van der Waals surface area contributed by atoms with E-state index in [9.17, 15) is 9.59 Å². The van der Waals surface area contributed by atoms with Crippen molar-refractivity contribution in [3.05, 3.63) is 35.9 Å². The lowest BCUT2D eigenvalue weighted by molar-refractivity contribution is -0.134. The Balaban J connectivity index is 0.00000243. The van der Waals surface area contributed by atoms with Gasteiger partial charge in [-0.15, -0.1) is 12.4 Å². The molecule has 1 atom stereocenters. The maximum atomic E-state index is 12.6. The molecule has 2 aliphatic rings. The quantitative estimate of drug-likeness (QED) is 0.853. The highest BCUT2D eigenvalue weighted by Crippen LogP contribution is 2.23. The average molecular weight is 380 g/mol. The zero-order valence-electron chi connectivity index (χ0n) is 15.3. The topological polar surface area (TPSA) is 66.6 Å². The Bertz CT molecular complexity index is 582. The first-order valence-electron chi connectivity index (χ1n) is 9.49. The van der Waals surface area contributed by atoms with Gasteiger partial charge in [0.25, 0.3) is 0 Å². The number of likely N-dealkylation sites (tertiary alicyclic amines) is 2. The summed E-state index contributed by atoms with van der Waals surface area (Å²) in [6, 6.07) is 9.42. The third-order valence-electron chi connectivity index (χ3n) is 5.46. The molecule has 2 aliphatic heterocycles. The van der Waals surface area contributed by atoms with E-state index in [2.05, 4.69) is 0 Å². The van der Waals surface area contributed by atoms with Crippen molar-refractivity contribution in [3.8, 4) is 0 Å². The van der Waals surface area contributed by atoms with Crippen LogP contribution in [0.25, 0.3) is 0 Å². The van der Waals surface area contributed by atoms with Gasteiger partial charge in [-0.05, 0) is 43.6 Å². The first kappa shape index (κ1) is 20.7. The molecule has 1 aromatic carbocycles. The third kappa shape index (κ3) is 5.45. The third-order valence-corrected chi connectivity index (χ3v) is 5.46. The molecule has 2 fully saturated rings. The summed E-state index contributed by atoms with van der Waals surface area (Å²) in [5.74, 6) is 0.735. The number of carbonyl (C=O) groups excluding carboxylic acids is 2. The smallest absolute Gasteiger partial charge is 0.239 e. The molecular formula is C20H30ClN3O2. The summed E-state index contributed by atoms with van der Waals surface area (Å²) in [6.45, 7) is 3.29. The van der Waals surface area contributed by atoms with Crippen LogP contribution >= 0.6 is 12.4 Å². The Morgan fingerprint density at radius 1 is 1.00 bits per heavy atom. The van der Waals surface area contributed by atoms with Gasteiger partial charge in [0.1, 0.15) is 0 Å². The molecular weight excluding hydrogens is 350 g/mol. The molecule has 2 heterocycles. The van der Waals surface area contributed by atoms with Crippen molar-refractivity contribution in [2.24, 2.45) is 11.7 Å². The Kier molecular flexibility index (Phi) is 7.91. The van der Waals surface area contributed by atoms with E-state index in [0.29, 0.717) is 24.7 Å². The predicted octanol–water partition coefficient (Wildman–Crippen LogP) is 2.23. The number of rotatable bonds is 5. The summed E-state index contributed by atoms with van der Waals surface area (Å²) < 4.78 is 0. The van der Waals surface area contributed by atoms with Crippen molar-refractivity contribution in [3.63, 3.8) is 0 Å². The maximum Gasteiger partial charge on any atom is 0.239 e. The fraction of sp³-hybridized carbons (Fsp3) is 0.600. The van der Waals surface area contributed by atoms with Crippen LogP contribution in [0.2, 0.25) is 0 Å². The van der Waals surface area contributed by atoms with E-state index >= 15 is 0 Å². The van der Waals surface area contributed by atoms with Crippen molar-refractivity contribution in [2.45, 2.75) is 44.6 Å². The van der Waals surface area contributed by atoms with Gasteiger partial charge < -0.3 is 15.5 Å². The van der Waals surface area contributed by atoms with Gasteiger partial charge in [0.15, 0.2) is 0 Å². The molecule has 144 valence electrons. The number of hydrogen-bond acceptors (Lipinski definition) is 3. The molecule has 0 aromatic heterocycles. The molecule has 1 aromatic rings. The fourth-order valence-electron chi connectivity index (χ4n) is 3.89. The van der Waals surface area contributed by atoms with Crippen LogP contribution < -0.4 is 5.73 Å². The zero-order valence-corrected chi connectivity index (χ0v) is 16.1. The summed E-state index contributed by atoms with van der Waals surface area (Å²) in [5, 5.41) is 0. The number of nitrogens with zero attached hydrogens (tertiary/aromatic N) is 2. The van der Waals surface area contributed by atoms with Gasteiger partial charge in [0, 0.05) is 32.6 Å². The molecule has 0 unspecified atom stereocenters. The number of piperidine rings is 1. The highest BCUT2D eigenvalue weighted by Gasteiger charge is 2.29. The molecule has 0 spiro atoms. The molecule has 5 nitrogen and oxygen atoms in total. The lowest BCUT2D eigenvalue weighted by Crippen LogP contribution is -2.48. The van der Waals surface area contributed by atoms with E-state index in [1.54, 1.807) is 0 Å². The number of hydrogen-bond donors (Lipinski definition) is 1. The standard InChI is InChI=1S/C20H29N3O2.ClH/c21-18(14-16-6-2-1-3-7-16)20(25)23-12-8-17(9-13-23)15-19(24)22-10-4-5-11-22;/h1-3,6-7,17-18H,4-5,8-15,21H2;1H/t18-;/m0./s1. The molecule has 0 radical (unpaired) electrons. The Hall–Kier alpha value is -1.59. The molecule has 0 saturated carbocycles. The van der Waals surface area contributed by atoms with E-state index in [0.717, 1.165) is 57.4 Å². The molecule has 0 bridgehead atoms. The van der Waals surface area contributed by atoms with Crippen molar-refractivity contribution in [1.82, 2.24) is 9.80 Å². The minimum atomic E-state index is -0.481. The van der Waals surface area contributed by atoms with Gasteiger partial charge in [0.05, 0.1) is 6.04 Å². The normalized spacial score (nSPS) is 19.1. The number of halogens is 1. The van der Waals surface area contributed by atoms with E-state index < -0.39 is 6.04 Å². The van der Waals surface area contributed by atoms with Gasteiger partial charge in [-0.3, -0.25) is 9.59 Å². The van der Waals surface area contributed by atoms with E-state index in [4.69, 9.17) is 5.73 Å². The van der Waals surface area contributed by atoms with E-state index in [1.807, 2.05) is 40.1 Å². The van der Waals surface area contributed by atoms with Crippen LogP contribution in [0, 0.1) is 5.92 Å². The summed E-state index contributed by atoms with van der Waals surface area (Å²) in [4.78, 5) is 28.7. The zero-order chi connectivity index (χ0) is 17.6. The van der Waals surface area contributed by atoms with Crippen LogP contribution in [-0.2, 0) is 16.0 Å². The monoisotopic (exact) mass is 379 g/mol. The Morgan fingerprint density at radius 2 is 1.62 bits per heavy atom. The number of nitrogens with two attached hydrogens (primary N) is 1. The van der Waals surface area contributed by atoms with Crippen LogP contribution in [-0.4, -0.2) is 53.8 Å². The Morgan fingerprint density at radius 3 is 2.23 bits per heavy atom. The van der Waals surface area contributed by atoms with Crippen LogP contribution in [0.1, 0.15) is 37.7 Å². The van der Waals surface area contributed by atoms with Gasteiger partial charge >= 0.3 is 0 Å². The minimum Gasteiger partial charge on any atom is -0.343 e. The fourth-order valence-corrected chi connectivity index (χ4v) is 3.89. The van der Waals surface area contributed by atoms with Crippen LogP contribution in [0.3, 0.4) is 0 Å². The predicted molar refractivity (Wildman–Crippen MR) is 105 cm³/mol. The van der Waals surface area contributed by atoms with Crippen molar-refractivity contribution < 1.29 is 9.59 Å². The second-order valence-electron chi connectivity index (χ2n) is 7.36. The SMILES string of the molecule is Cl.N[C@@H](Cc1ccccc1)C(=O)N1CCC(CC(=O)N2CCCC2)CC1. The summed E-state index contributed by atoms with van der Waals surface area (Å²) in [5.41, 5.74) is 7.22. The minimum absolute atomic E-state index is 0. The molecule has 26 heavy (non-hydrogen) atoms. The highest BCUT2D eigenvalue weighted by atomic mass is 35.5. The van der Waals surface area contributed by atoms with E-state index in [-0.39, 0.29) is 18.3 Å². The molecule has 2 N–H and O–H groups in total. The molecule has 2 saturated heterocycles.